The summed E-state index contributed by atoms with van der Waals surface area (Å²) >= 11 is 0. The number of nitrogens with one attached hydrogen (secondary N) is 1. The number of ether oxygens (including phenoxy) is 1. The Morgan fingerprint density at radius 2 is 1.78 bits per heavy atom. The number of carbonyl (C=O) groups excluding carboxylic acids is 2. The van der Waals surface area contributed by atoms with Crippen LogP contribution in [0.2, 0.25) is 0 Å². The summed E-state index contributed by atoms with van der Waals surface area (Å²) in [5, 5.41) is 2.55. The first-order valence-corrected chi connectivity index (χ1v) is 12.6. The molecule has 0 aliphatic heterocycles. The zero-order chi connectivity index (χ0) is 27.2. The van der Waals surface area contributed by atoms with Crippen LogP contribution >= 0.6 is 0 Å². The number of benzene rings is 3. The van der Waals surface area contributed by atoms with E-state index in [-0.39, 0.29) is 45.9 Å². The molecule has 0 atom stereocenters. The van der Waals surface area contributed by atoms with Crippen molar-refractivity contribution >= 4 is 33.9 Å². The van der Waals surface area contributed by atoms with Gasteiger partial charge in [-0.2, -0.15) is 8.42 Å². The van der Waals surface area contributed by atoms with E-state index >= 15 is 0 Å². The lowest BCUT2D eigenvalue weighted by atomic mass is 10.0. The maximum Gasteiger partial charge on any atom is 0.338 e. The van der Waals surface area contributed by atoms with Gasteiger partial charge in [0.2, 0.25) is 5.91 Å². The second-order valence-corrected chi connectivity index (χ2v) is 9.74. The number of nitrogens with zero attached hydrogens (tertiary/aromatic N) is 2. The fraction of sp³-hybridized carbons (Fsp3) is 0.192. The average Bonchev–Trinajstić information content (AvgIpc) is 2.84. The molecular formula is C26H25F2N3O5S. The van der Waals surface area contributed by atoms with Crippen LogP contribution in [-0.2, 0) is 26.0 Å². The summed E-state index contributed by atoms with van der Waals surface area (Å²) in [5.74, 6) is -2.66. The van der Waals surface area contributed by atoms with Crippen molar-refractivity contribution in [3.8, 4) is 11.1 Å². The fourth-order valence-electron chi connectivity index (χ4n) is 3.36. The van der Waals surface area contributed by atoms with Crippen molar-refractivity contribution in [3.63, 3.8) is 0 Å². The molecule has 0 spiro atoms. The van der Waals surface area contributed by atoms with Gasteiger partial charge in [-0.15, -0.1) is 4.40 Å². The molecule has 0 unspecified atom stereocenters. The van der Waals surface area contributed by atoms with Crippen LogP contribution in [0.1, 0.15) is 22.8 Å². The molecule has 3 rings (SSSR count). The number of anilines is 1. The van der Waals surface area contributed by atoms with Crippen LogP contribution in [0.4, 0.5) is 14.5 Å². The fourth-order valence-corrected chi connectivity index (χ4v) is 4.53. The molecule has 0 fully saturated rings. The predicted molar refractivity (Wildman–Crippen MR) is 136 cm³/mol. The number of hydrogen-bond donors (Lipinski definition) is 1. The lowest BCUT2D eigenvalue weighted by molar-refractivity contribution is -0.115. The van der Waals surface area contributed by atoms with Crippen LogP contribution < -0.4 is 5.32 Å². The highest BCUT2D eigenvalue weighted by atomic mass is 32.2. The van der Waals surface area contributed by atoms with Crippen molar-refractivity contribution in [2.45, 2.75) is 18.2 Å². The van der Waals surface area contributed by atoms with Crippen LogP contribution in [0.15, 0.2) is 70.0 Å². The van der Waals surface area contributed by atoms with Crippen LogP contribution in [0.5, 0.6) is 0 Å². The molecule has 8 nitrogen and oxygen atoms in total. The quantitative estimate of drug-likeness (QED) is 0.252. The number of halogens is 2. The van der Waals surface area contributed by atoms with E-state index in [2.05, 4.69) is 9.71 Å². The number of sulfonamides is 1. The molecule has 0 bridgehead atoms. The molecule has 0 aliphatic rings. The van der Waals surface area contributed by atoms with Gasteiger partial charge >= 0.3 is 5.97 Å². The molecule has 0 heterocycles. The highest BCUT2D eigenvalue weighted by Crippen LogP contribution is 2.32. The van der Waals surface area contributed by atoms with Crippen molar-refractivity contribution in [1.82, 2.24) is 4.90 Å². The van der Waals surface area contributed by atoms with Crippen molar-refractivity contribution in [3.05, 3.63) is 83.4 Å². The van der Waals surface area contributed by atoms with Gasteiger partial charge in [-0.1, -0.05) is 24.3 Å². The van der Waals surface area contributed by atoms with E-state index < -0.39 is 33.5 Å². The van der Waals surface area contributed by atoms with Crippen molar-refractivity contribution < 1.29 is 31.5 Å². The molecule has 0 saturated carbocycles. The predicted octanol–water partition coefficient (Wildman–Crippen LogP) is 4.27. The summed E-state index contributed by atoms with van der Waals surface area (Å²) < 4.78 is 63.2. The molecule has 1 N–H and O–H groups in total. The van der Waals surface area contributed by atoms with Crippen LogP contribution in [0, 0.1) is 11.6 Å². The summed E-state index contributed by atoms with van der Waals surface area (Å²) in [6, 6.07) is 13.1. The van der Waals surface area contributed by atoms with E-state index in [4.69, 9.17) is 4.74 Å². The monoisotopic (exact) mass is 529 g/mol. The van der Waals surface area contributed by atoms with Gasteiger partial charge < -0.3 is 15.0 Å². The van der Waals surface area contributed by atoms with Crippen LogP contribution in [0.3, 0.4) is 0 Å². The van der Waals surface area contributed by atoms with Crippen molar-refractivity contribution in [1.29, 1.82) is 0 Å². The van der Waals surface area contributed by atoms with Gasteiger partial charge in [0.15, 0.2) is 0 Å². The zero-order valence-corrected chi connectivity index (χ0v) is 21.2. The first-order chi connectivity index (χ1) is 17.5. The third-order valence-corrected chi connectivity index (χ3v) is 6.25. The zero-order valence-electron chi connectivity index (χ0n) is 20.4. The van der Waals surface area contributed by atoms with Gasteiger partial charge in [-0.3, -0.25) is 4.79 Å². The third-order valence-electron chi connectivity index (χ3n) is 4.99. The molecule has 37 heavy (non-hydrogen) atoms. The van der Waals surface area contributed by atoms with Gasteiger partial charge in [0, 0.05) is 25.3 Å². The van der Waals surface area contributed by atoms with Gasteiger partial charge in [0.25, 0.3) is 10.0 Å². The summed E-state index contributed by atoms with van der Waals surface area (Å²) in [5.41, 5.74) is 0.315. The second-order valence-electron chi connectivity index (χ2n) is 8.14. The Morgan fingerprint density at radius 3 is 2.46 bits per heavy atom. The largest absolute Gasteiger partial charge is 0.462 e. The summed E-state index contributed by atoms with van der Waals surface area (Å²) in [6.45, 7) is 1.68. The first-order valence-electron chi connectivity index (χ1n) is 11.1. The highest BCUT2D eigenvalue weighted by molar-refractivity contribution is 7.90. The Labute approximate surface area is 213 Å². The van der Waals surface area contributed by atoms with E-state index in [1.165, 1.54) is 47.4 Å². The smallest absolute Gasteiger partial charge is 0.338 e. The molecule has 3 aromatic carbocycles. The van der Waals surface area contributed by atoms with Gasteiger partial charge in [0.1, 0.15) is 18.0 Å². The van der Waals surface area contributed by atoms with Gasteiger partial charge in [-0.25, -0.2) is 13.6 Å². The molecule has 0 radical (unpaired) electrons. The van der Waals surface area contributed by atoms with Crippen molar-refractivity contribution in [2.75, 3.05) is 26.0 Å². The summed E-state index contributed by atoms with van der Waals surface area (Å²) in [6.07, 6.45) is 0.806. The first kappa shape index (κ1) is 27.5. The van der Waals surface area contributed by atoms with E-state index in [1.54, 1.807) is 27.1 Å². The molecule has 0 aromatic heterocycles. The number of rotatable bonds is 9. The molecule has 194 valence electrons. The minimum Gasteiger partial charge on any atom is -0.462 e. The summed E-state index contributed by atoms with van der Waals surface area (Å²) in [4.78, 5) is 25.8. The standard InChI is InChI=1S/C26H25F2N3O5S/c1-4-36-26(33)19-11-18(12-20(27)13-19)22-10-9-21(15-24(22)37(34,35)29-16-31(2)3)30-25(32)14-17-7-5-6-8-23(17)28/h5-13,15-16H,4,14H2,1-3H3,(H,30,32)/b29-16+. The number of carbonyl (C=O) groups is 2. The molecule has 3 aromatic rings. The molecule has 0 saturated heterocycles. The van der Waals surface area contributed by atoms with E-state index in [0.717, 1.165) is 18.5 Å². The van der Waals surface area contributed by atoms with Gasteiger partial charge in [0.05, 0.1) is 23.5 Å². The number of esters is 1. The van der Waals surface area contributed by atoms with Gasteiger partial charge in [-0.05, 0) is 54.4 Å². The normalized spacial score (nSPS) is 11.4. The molecule has 11 heteroatoms. The van der Waals surface area contributed by atoms with E-state index in [1.807, 2.05) is 0 Å². The third kappa shape index (κ3) is 7.20. The second kappa shape index (κ2) is 11.7. The highest BCUT2D eigenvalue weighted by Gasteiger charge is 2.22. The van der Waals surface area contributed by atoms with Crippen LogP contribution in [-0.4, -0.2) is 52.2 Å². The molecular weight excluding hydrogens is 504 g/mol. The molecule has 0 aliphatic carbocycles. The Hall–Kier alpha value is -4.12. The SMILES string of the molecule is CCOC(=O)c1cc(F)cc(-c2ccc(NC(=O)Cc3ccccc3F)cc2S(=O)(=O)/N=C/N(C)C)c1. The van der Waals surface area contributed by atoms with Crippen LogP contribution in [0.25, 0.3) is 11.1 Å². The summed E-state index contributed by atoms with van der Waals surface area (Å²) in [7, 11) is -1.17. The maximum atomic E-state index is 14.4. The number of hydrogen-bond acceptors (Lipinski definition) is 5. The minimum atomic E-state index is -4.34. The Kier molecular flexibility index (Phi) is 8.72. The Balaban J connectivity index is 2.06. The number of amides is 1. The average molecular weight is 530 g/mol. The molecule has 1 amide bonds. The lowest BCUT2D eigenvalue weighted by Crippen LogP contribution is -2.16. The minimum absolute atomic E-state index is 0.0491. The lowest BCUT2D eigenvalue weighted by Gasteiger charge is -2.13. The topological polar surface area (TPSA) is 105 Å². The maximum absolute atomic E-state index is 14.4. The Morgan fingerprint density at radius 1 is 1.05 bits per heavy atom. The Bertz CT molecular complexity index is 1460. The van der Waals surface area contributed by atoms with E-state index in [0.29, 0.717) is 0 Å². The van der Waals surface area contributed by atoms with E-state index in [9.17, 15) is 26.8 Å². The van der Waals surface area contributed by atoms with Crippen molar-refractivity contribution in [2.24, 2.45) is 4.40 Å².